The topological polar surface area (TPSA) is 37.4 Å². The smallest absolute Gasteiger partial charge is 0.206 e. The molecule has 1 aromatic heterocycles. The predicted molar refractivity (Wildman–Crippen MR) is 75.9 cm³/mol. The number of halogens is 1. The van der Waals surface area contributed by atoms with Gasteiger partial charge in [-0.1, -0.05) is 6.42 Å². The molecule has 0 atom stereocenters. The molecular weight excluding hydrogens is 290 g/mol. The van der Waals surface area contributed by atoms with Crippen LogP contribution in [0.3, 0.4) is 0 Å². The number of rotatable bonds is 6. The highest BCUT2D eigenvalue weighted by atomic mass is 35.5. The molecule has 1 aliphatic rings. The van der Waals surface area contributed by atoms with Crippen LogP contribution in [0.1, 0.15) is 24.1 Å². The van der Waals surface area contributed by atoms with Crippen molar-refractivity contribution in [3.8, 4) is 0 Å². The SMILES string of the molecule is CN(CC1CCC1)S(=O)(=O)c1ccc(CCCl)s1. The fourth-order valence-corrected chi connectivity index (χ4v) is 5.14. The number of hydrogen-bond acceptors (Lipinski definition) is 3. The Balaban J connectivity index is 2.07. The third-order valence-corrected chi connectivity index (χ3v) is 7.01. The zero-order chi connectivity index (χ0) is 13.2. The van der Waals surface area contributed by atoms with Gasteiger partial charge in [-0.05, 0) is 37.3 Å². The first kappa shape index (κ1) is 14.3. The molecule has 0 aromatic carbocycles. The van der Waals surface area contributed by atoms with E-state index in [1.165, 1.54) is 22.1 Å². The van der Waals surface area contributed by atoms with E-state index in [1.54, 1.807) is 13.1 Å². The fraction of sp³-hybridized carbons (Fsp3) is 0.667. The van der Waals surface area contributed by atoms with Gasteiger partial charge >= 0.3 is 0 Å². The Kier molecular flexibility index (Phi) is 4.69. The van der Waals surface area contributed by atoms with Gasteiger partial charge < -0.3 is 0 Å². The van der Waals surface area contributed by atoms with Crippen molar-refractivity contribution in [1.29, 1.82) is 0 Å². The van der Waals surface area contributed by atoms with Crippen molar-refractivity contribution < 1.29 is 8.42 Å². The minimum Gasteiger partial charge on any atom is -0.206 e. The van der Waals surface area contributed by atoms with Crippen LogP contribution in [0.2, 0.25) is 0 Å². The standard InChI is InChI=1S/C12H18ClNO2S2/c1-14(9-10-3-2-4-10)18(15,16)12-6-5-11(17-12)7-8-13/h5-6,10H,2-4,7-9H2,1H3. The van der Waals surface area contributed by atoms with Crippen LogP contribution < -0.4 is 0 Å². The van der Waals surface area contributed by atoms with Crippen molar-refractivity contribution >= 4 is 33.0 Å². The fourth-order valence-electron chi connectivity index (χ4n) is 2.02. The molecule has 18 heavy (non-hydrogen) atoms. The van der Waals surface area contributed by atoms with Crippen LogP contribution >= 0.6 is 22.9 Å². The van der Waals surface area contributed by atoms with Gasteiger partial charge in [-0.3, -0.25) is 0 Å². The van der Waals surface area contributed by atoms with Crippen molar-refractivity contribution in [2.24, 2.45) is 5.92 Å². The molecule has 0 saturated heterocycles. The summed E-state index contributed by atoms with van der Waals surface area (Å²) in [4.78, 5) is 1.03. The quantitative estimate of drug-likeness (QED) is 0.758. The number of alkyl halides is 1. The van der Waals surface area contributed by atoms with E-state index in [0.717, 1.165) is 24.1 Å². The van der Waals surface area contributed by atoms with Gasteiger partial charge in [0.2, 0.25) is 0 Å². The molecule has 102 valence electrons. The molecule has 6 heteroatoms. The molecule has 1 aromatic rings. The second-order valence-electron chi connectivity index (χ2n) is 4.74. The molecule has 0 spiro atoms. The lowest BCUT2D eigenvalue weighted by atomic mass is 9.86. The van der Waals surface area contributed by atoms with Crippen molar-refractivity contribution in [2.45, 2.75) is 29.9 Å². The lowest BCUT2D eigenvalue weighted by molar-refractivity contribution is 0.263. The minimum atomic E-state index is -3.30. The van der Waals surface area contributed by atoms with Crippen molar-refractivity contribution in [3.05, 3.63) is 17.0 Å². The van der Waals surface area contributed by atoms with Crippen molar-refractivity contribution in [2.75, 3.05) is 19.5 Å². The first-order chi connectivity index (χ1) is 8.54. The maximum absolute atomic E-state index is 12.3. The number of thiophene rings is 1. The Morgan fingerprint density at radius 2 is 2.17 bits per heavy atom. The second kappa shape index (κ2) is 5.90. The molecule has 0 radical (unpaired) electrons. The van der Waals surface area contributed by atoms with Gasteiger partial charge in [0.05, 0.1) is 0 Å². The van der Waals surface area contributed by atoms with Gasteiger partial charge in [0.15, 0.2) is 0 Å². The first-order valence-electron chi connectivity index (χ1n) is 6.15. The summed E-state index contributed by atoms with van der Waals surface area (Å²) in [5.74, 6) is 1.07. The molecule has 2 rings (SSSR count). The van der Waals surface area contributed by atoms with E-state index in [1.807, 2.05) is 6.07 Å². The molecule has 1 heterocycles. The monoisotopic (exact) mass is 307 g/mol. The minimum absolute atomic E-state index is 0.435. The lowest BCUT2D eigenvalue weighted by Gasteiger charge is -2.29. The molecule has 1 saturated carbocycles. The van der Waals surface area contributed by atoms with Crippen LogP contribution in [0.25, 0.3) is 0 Å². The zero-order valence-corrected chi connectivity index (χ0v) is 12.8. The van der Waals surface area contributed by atoms with Gasteiger partial charge in [-0.2, -0.15) is 4.31 Å². The first-order valence-corrected chi connectivity index (χ1v) is 8.94. The predicted octanol–water partition coefficient (Wildman–Crippen LogP) is 2.95. The van der Waals surface area contributed by atoms with E-state index in [9.17, 15) is 8.42 Å². The third kappa shape index (κ3) is 3.07. The summed E-state index contributed by atoms with van der Waals surface area (Å²) in [6, 6.07) is 3.55. The Hall–Kier alpha value is -0.100. The molecule has 1 aliphatic carbocycles. The van der Waals surface area contributed by atoms with Crippen LogP contribution in [-0.4, -0.2) is 32.2 Å². The van der Waals surface area contributed by atoms with E-state index >= 15 is 0 Å². The van der Waals surface area contributed by atoms with Crippen molar-refractivity contribution in [1.82, 2.24) is 4.31 Å². The molecular formula is C12H18ClNO2S2. The molecule has 3 nitrogen and oxygen atoms in total. The number of hydrogen-bond donors (Lipinski definition) is 0. The van der Waals surface area contributed by atoms with E-state index < -0.39 is 10.0 Å². The van der Waals surface area contributed by atoms with Gasteiger partial charge in [0, 0.05) is 24.3 Å². The Labute approximate surface area is 118 Å². The summed E-state index contributed by atoms with van der Waals surface area (Å²) < 4.78 is 26.6. The van der Waals surface area contributed by atoms with E-state index in [-0.39, 0.29) is 0 Å². The summed E-state index contributed by atoms with van der Waals surface area (Å²) in [7, 11) is -1.62. The largest absolute Gasteiger partial charge is 0.252 e. The Morgan fingerprint density at radius 1 is 1.44 bits per heavy atom. The van der Waals surface area contributed by atoms with E-state index in [2.05, 4.69) is 0 Å². The van der Waals surface area contributed by atoms with Crippen LogP contribution in [-0.2, 0) is 16.4 Å². The van der Waals surface area contributed by atoms with Gasteiger partial charge in [0.1, 0.15) is 4.21 Å². The highest BCUT2D eigenvalue weighted by Crippen LogP contribution is 2.30. The summed E-state index contributed by atoms with van der Waals surface area (Å²) in [6.45, 7) is 0.644. The summed E-state index contributed by atoms with van der Waals surface area (Å²) in [5, 5.41) is 0. The molecule has 1 fully saturated rings. The maximum Gasteiger partial charge on any atom is 0.252 e. The van der Waals surface area contributed by atoms with Crippen molar-refractivity contribution in [3.63, 3.8) is 0 Å². The second-order valence-corrected chi connectivity index (χ2v) is 8.56. The highest BCUT2D eigenvalue weighted by Gasteiger charge is 2.27. The normalized spacial score (nSPS) is 17.1. The van der Waals surface area contributed by atoms with E-state index in [4.69, 9.17) is 11.6 Å². The molecule has 0 bridgehead atoms. The van der Waals surface area contributed by atoms with Crippen LogP contribution in [0.15, 0.2) is 16.3 Å². The number of aryl methyl sites for hydroxylation is 1. The summed E-state index contributed by atoms with van der Waals surface area (Å²) >= 11 is 7.00. The maximum atomic E-state index is 12.3. The molecule has 0 unspecified atom stereocenters. The van der Waals surface area contributed by atoms with Crippen LogP contribution in [0.4, 0.5) is 0 Å². The summed E-state index contributed by atoms with van der Waals surface area (Å²) in [6.07, 6.45) is 4.27. The van der Waals surface area contributed by atoms with Gasteiger partial charge in [-0.15, -0.1) is 22.9 Å². The average molecular weight is 308 g/mol. The number of sulfonamides is 1. The lowest BCUT2D eigenvalue weighted by Crippen LogP contribution is -2.33. The molecule has 0 N–H and O–H groups in total. The highest BCUT2D eigenvalue weighted by molar-refractivity contribution is 7.91. The molecule has 0 aliphatic heterocycles. The zero-order valence-electron chi connectivity index (χ0n) is 10.4. The third-order valence-electron chi connectivity index (χ3n) is 3.38. The number of nitrogens with zero attached hydrogens (tertiary/aromatic N) is 1. The van der Waals surface area contributed by atoms with Crippen LogP contribution in [0.5, 0.6) is 0 Å². The van der Waals surface area contributed by atoms with Gasteiger partial charge in [0.25, 0.3) is 10.0 Å². The van der Waals surface area contributed by atoms with Gasteiger partial charge in [-0.25, -0.2) is 8.42 Å². The Bertz CT molecular complexity index is 494. The summed E-state index contributed by atoms with van der Waals surface area (Å²) in [5.41, 5.74) is 0. The Morgan fingerprint density at radius 3 is 2.72 bits per heavy atom. The van der Waals surface area contributed by atoms with Crippen LogP contribution in [0, 0.1) is 5.92 Å². The average Bonchev–Trinajstić information content (AvgIpc) is 2.72. The molecule has 0 amide bonds. The van der Waals surface area contributed by atoms with E-state index in [0.29, 0.717) is 22.6 Å².